The summed E-state index contributed by atoms with van der Waals surface area (Å²) in [6, 6.07) is 3.70. The predicted molar refractivity (Wildman–Crippen MR) is 137 cm³/mol. The Labute approximate surface area is 243 Å². The molecule has 0 fully saturated rings. The van der Waals surface area contributed by atoms with Gasteiger partial charge in [-0.25, -0.2) is 8.42 Å². The van der Waals surface area contributed by atoms with Crippen LogP contribution in [0.15, 0.2) is 36.4 Å². The van der Waals surface area contributed by atoms with Crippen molar-refractivity contribution in [2.45, 2.75) is 43.8 Å². The molecule has 0 heterocycles. The number of carbonyl (C=O) groups is 1. The molecule has 2 aromatic carbocycles. The van der Waals surface area contributed by atoms with Crippen molar-refractivity contribution in [3.8, 4) is 0 Å². The largest absolute Gasteiger partial charge is 0.417 e. The normalized spacial score (nSPS) is 14.4. The fourth-order valence-corrected chi connectivity index (χ4v) is 6.12. The van der Waals surface area contributed by atoms with Gasteiger partial charge in [0.2, 0.25) is 0 Å². The van der Waals surface area contributed by atoms with Crippen LogP contribution in [-0.2, 0) is 16.0 Å². The molecule has 0 aliphatic carbocycles. The van der Waals surface area contributed by atoms with Gasteiger partial charge >= 0.3 is 18.5 Å². The molecule has 0 aliphatic heterocycles. The number of rotatable bonds is 8. The van der Waals surface area contributed by atoms with E-state index in [1.807, 2.05) is 5.32 Å². The van der Waals surface area contributed by atoms with Gasteiger partial charge in [-0.05, 0) is 49.2 Å². The number of nitrogens with one attached hydrogen (secondary N) is 1. The third-order valence-corrected chi connectivity index (χ3v) is 8.33. The number of carbonyl (C=O) groups excluding carboxylic acids is 1. The summed E-state index contributed by atoms with van der Waals surface area (Å²) in [5.41, 5.74) is -5.42. The van der Waals surface area contributed by atoms with Gasteiger partial charge < -0.3 is 5.32 Å². The minimum absolute atomic E-state index is 0.202. The second-order valence-electron chi connectivity index (χ2n) is 9.47. The zero-order valence-electron chi connectivity index (χ0n) is 20.7. The first kappa shape index (κ1) is 35.0. The number of hydrogen-bond donors (Lipinski definition) is 1. The molecule has 2 rings (SSSR count). The van der Waals surface area contributed by atoms with Gasteiger partial charge in [0.25, 0.3) is 5.91 Å². The van der Waals surface area contributed by atoms with Gasteiger partial charge in [0.15, 0.2) is 9.84 Å². The van der Waals surface area contributed by atoms with Crippen LogP contribution in [0, 0.1) is 0 Å². The first-order chi connectivity index (χ1) is 18.3. The van der Waals surface area contributed by atoms with Crippen LogP contribution < -0.4 is 5.32 Å². The Balaban J connectivity index is 2.44. The van der Waals surface area contributed by atoms with Crippen LogP contribution in [0.2, 0.25) is 15.1 Å². The fourth-order valence-electron chi connectivity index (χ4n) is 3.73. The Hall–Kier alpha value is -2.16. The summed E-state index contributed by atoms with van der Waals surface area (Å²) < 4.78 is 144. The SMILES string of the molecule is CC(C)(CS(=O)(=O)CC(F)(F)F)NC(=O)c1ccc(C=CC(c2cc(Cl)c(Cl)c(Cl)c2)C(F)(F)F)cc1C(F)(F)F. The highest BCUT2D eigenvalue weighted by Gasteiger charge is 2.41. The monoisotopic (exact) mass is 677 g/mol. The highest BCUT2D eigenvalue weighted by atomic mass is 35.5. The van der Waals surface area contributed by atoms with Crippen LogP contribution in [0.4, 0.5) is 39.5 Å². The lowest BCUT2D eigenvalue weighted by Crippen LogP contribution is -2.49. The molecule has 0 aliphatic rings. The lowest BCUT2D eigenvalue weighted by Gasteiger charge is -2.27. The van der Waals surface area contributed by atoms with E-state index in [4.69, 9.17) is 34.8 Å². The second-order valence-corrected chi connectivity index (χ2v) is 12.7. The standard InChI is InChI=1S/C24H19Cl3F9NO3S/c1-21(2,10-41(39,40)11-22(28,29)30)37-20(38)14-5-3-12(7-16(14)24(34,35)36)4-6-15(23(31,32)33)13-8-17(25)19(27)18(26)9-13/h3-9,15H,10-11H2,1-2H3,(H,37,38). The van der Waals surface area contributed by atoms with Crippen LogP contribution >= 0.6 is 34.8 Å². The molecule has 0 saturated heterocycles. The lowest BCUT2D eigenvalue weighted by molar-refractivity contribution is -0.139. The second kappa shape index (κ2) is 12.2. The fraction of sp³-hybridized carbons (Fsp3) is 0.375. The molecule has 0 saturated carbocycles. The summed E-state index contributed by atoms with van der Waals surface area (Å²) in [6.07, 6.45) is -14.0. The zero-order valence-corrected chi connectivity index (χ0v) is 23.8. The number of alkyl halides is 9. The maximum atomic E-state index is 13.8. The number of amides is 1. The third-order valence-electron chi connectivity index (χ3n) is 5.21. The molecule has 17 heteroatoms. The number of hydrogen-bond acceptors (Lipinski definition) is 3. The molecular weight excluding hydrogens is 660 g/mol. The summed E-state index contributed by atoms with van der Waals surface area (Å²) >= 11 is 17.4. The van der Waals surface area contributed by atoms with E-state index in [0.717, 1.165) is 38.1 Å². The Kier molecular flexibility index (Phi) is 10.4. The van der Waals surface area contributed by atoms with Crippen molar-refractivity contribution >= 4 is 56.6 Å². The van der Waals surface area contributed by atoms with Gasteiger partial charge in [-0.2, -0.15) is 39.5 Å². The van der Waals surface area contributed by atoms with Crippen molar-refractivity contribution < 1.29 is 52.7 Å². The minimum atomic E-state index is -5.20. The van der Waals surface area contributed by atoms with E-state index in [-0.39, 0.29) is 15.1 Å². The highest BCUT2D eigenvalue weighted by molar-refractivity contribution is 7.91. The first-order valence-corrected chi connectivity index (χ1v) is 14.0. The minimum Gasteiger partial charge on any atom is -0.346 e. The van der Waals surface area contributed by atoms with Crippen molar-refractivity contribution in [2.75, 3.05) is 11.5 Å². The van der Waals surface area contributed by atoms with Crippen molar-refractivity contribution in [3.05, 3.63) is 73.7 Å². The molecular formula is C24H19Cl3F9NO3S. The maximum Gasteiger partial charge on any atom is 0.417 e. The van der Waals surface area contributed by atoms with E-state index >= 15 is 0 Å². The lowest BCUT2D eigenvalue weighted by atomic mass is 9.96. The molecule has 4 nitrogen and oxygen atoms in total. The Morgan fingerprint density at radius 1 is 0.902 bits per heavy atom. The molecule has 0 radical (unpaired) electrons. The Morgan fingerprint density at radius 2 is 1.44 bits per heavy atom. The average molecular weight is 679 g/mol. The molecule has 228 valence electrons. The van der Waals surface area contributed by atoms with Gasteiger partial charge in [0.05, 0.1) is 37.9 Å². The quantitative estimate of drug-likeness (QED) is 0.225. The van der Waals surface area contributed by atoms with Crippen LogP contribution in [0.5, 0.6) is 0 Å². The molecule has 1 unspecified atom stereocenters. The van der Waals surface area contributed by atoms with Crippen molar-refractivity contribution in [3.63, 3.8) is 0 Å². The molecule has 1 N–H and O–H groups in total. The van der Waals surface area contributed by atoms with Crippen molar-refractivity contribution in [1.82, 2.24) is 5.32 Å². The predicted octanol–water partition coefficient (Wildman–Crippen LogP) is 8.51. The molecule has 0 spiro atoms. The first-order valence-electron chi connectivity index (χ1n) is 11.0. The van der Waals surface area contributed by atoms with E-state index in [1.54, 1.807) is 0 Å². The van der Waals surface area contributed by atoms with Crippen molar-refractivity contribution in [1.29, 1.82) is 0 Å². The summed E-state index contributed by atoms with van der Waals surface area (Å²) in [6.45, 7) is 1.99. The molecule has 1 atom stereocenters. The van der Waals surface area contributed by atoms with Crippen LogP contribution in [0.3, 0.4) is 0 Å². The summed E-state index contributed by atoms with van der Waals surface area (Å²) in [5, 5.41) is 1.18. The molecule has 0 aromatic heterocycles. The maximum absolute atomic E-state index is 13.8. The van der Waals surface area contributed by atoms with E-state index in [0.29, 0.717) is 18.2 Å². The number of benzene rings is 2. The van der Waals surface area contributed by atoms with Gasteiger partial charge in [0, 0.05) is 5.54 Å². The molecule has 1 amide bonds. The number of sulfone groups is 1. The van der Waals surface area contributed by atoms with Crippen molar-refractivity contribution in [2.24, 2.45) is 0 Å². The summed E-state index contributed by atoms with van der Waals surface area (Å²) in [4.78, 5) is 12.7. The summed E-state index contributed by atoms with van der Waals surface area (Å²) in [7, 11) is -4.82. The van der Waals surface area contributed by atoms with Gasteiger partial charge in [-0.15, -0.1) is 0 Å². The number of halogens is 12. The highest BCUT2D eigenvalue weighted by Crippen LogP contribution is 2.41. The van der Waals surface area contributed by atoms with Crippen LogP contribution in [0.1, 0.15) is 46.8 Å². The van der Waals surface area contributed by atoms with Gasteiger partial charge in [0.1, 0.15) is 5.75 Å². The van der Waals surface area contributed by atoms with E-state index in [9.17, 15) is 52.7 Å². The van der Waals surface area contributed by atoms with E-state index in [2.05, 4.69) is 0 Å². The summed E-state index contributed by atoms with van der Waals surface area (Å²) in [5.74, 6) is -7.29. The molecule has 0 bridgehead atoms. The van der Waals surface area contributed by atoms with E-state index < -0.39 is 79.5 Å². The Bertz CT molecular complexity index is 1410. The van der Waals surface area contributed by atoms with Crippen LogP contribution in [-0.4, -0.2) is 43.7 Å². The number of allylic oxidation sites excluding steroid dienone is 1. The third kappa shape index (κ3) is 10.3. The van der Waals surface area contributed by atoms with E-state index in [1.165, 1.54) is 0 Å². The Morgan fingerprint density at radius 3 is 1.90 bits per heavy atom. The zero-order chi connectivity index (χ0) is 31.8. The van der Waals surface area contributed by atoms with Crippen LogP contribution in [0.25, 0.3) is 6.08 Å². The topological polar surface area (TPSA) is 63.2 Å². The smallest absolute Gasteiger partial charge is 0.346 e. The molecule has 2 aromatic rings. The average Bonchev–Trinajstić information content (AvgIpc) is 2.72. The van der Waals surface area contributed by atoms with Gasteiger partial charge in [-0.3, -0.25) is 4.79 Å². The van der Waals surface area contributed by atoms with Gasteiger partial charge in [-0.1, -0.05) is 53.0 Å². The molecule has 41 heavy (non-hydrogen) atoms.